The molecule has 4 rings (SSSR count). The Hall–Kier alpha value is -4.47. The number of hydrogen-bond acceptors (Lipinski definition) is 7. The summed E-state index contributed by atoms with van der Waals surface area (Å²) in [6.07, 6.45) is 1.54. The van der Waals surface area contributed by atoms with Crippen LogP contribution in [0.25, 0.3) is 17.3 Å². The van der Waals surface area contributed by atoms with Gasteiger partial charge in [-0.05, 0) is 42.3 Å². The summed E-state index contributed by atoms with van der Waals surface area (Å²) < 4.78 is 12.7. The van der Waals surface area contributed by atoms with E-state index in [1.54, 1.807) is 47.3 Å². The Bertz CT molecular complexity index is 1280. The predicted octanol–water partition coefficient (Wildman–Crippen LogP) is 4.72. The highest BCUT2D eigenvalue weighted by Crippen LogP contribution is 2.26. The molecule has 2 aromatic carbocycles. The van der Waals surface area contributed by atoms with Crippen LogP contribution in [-0.4, -0.2) is 32.2 Å². The lowest BCUT2D eigenvalue weighted by atomic mass is 10.2. The second-order valence-electron chi connectivity index (χ2n) is 7.62. The Morgan fingerprint density at radius 1 is 1.18 bits per heavy atom. The minimum Gasteiger partial charge on any atom is -0.462 e. The number of non-ortho nitro benzene ring substituents is 1. The van der Waals surface area contributed by atoms with Gasteiger partial charge in [-0.2, -0.15) is 4.98 Å². The first-order chi connectivity index (χ1) is 15.9. The van der Waals surface area contributed by atoms with Gasteiger partial charge in [-0.1, -0.05) is 26.0 Å². The first-order valence-electron chi connectivity index (χ1n) is 10.2. The number of benzene rings is 2. The first kappa shape index (κ1) is 21.8. The molecule has 33 heavy (non-hydrogen) atoms. The van der Waals surface area contributed by atoms with Crippen LogP contribution in [0.4, 0.5) is 11.4 Å². The van der Waals surface area contributed by atoms with Gasteiger partial charge >= 0.3 is 6.01 Å². The molecule has 1 N–H and O–H groups in total. The van der Waals surface area contributed by atoms with Gasteiger partial charge in [-0.15, -0.1) is 5.10 Å². The molecule has 0 saturated heterocycles. The van der Waals surface area contributed by atoms with Gasteiger partial charge in [-0.25, -0.2) is 4.68 Å². The van der Waals surface area contributed by atoms with E-state index in [1.165, 1.54) is 24.3 Å². The highest BCUT2D eigenvalue weighted by molar-refractivity contribution is 6.04. The molecule has 2 aromatic heterocycles. The van der Waals surface area contributed by atoms with Crippen LogP contribution in [0.3, 0.4) is 0 Å². The minimum absolute atomic E-state index is 0.156. The maximum Gasteiger partial charge on any atom is 0.336 e. The molecule has 0 fully saturated rings. The van der Waals surface area contributed by atoms with Gasteiger partial charge < -0.3 is 14.5 Å². The normalized spacial score (nSPS) is 10.9. The quantitative estimate of drug-likeness (QED) is 0.306. The lowest BCUT2D eigenvalue weighted by molar-refractivity contribution is -0.384. The van der Waals surface area contributed by atoms with Crippen molar-refractivity contribution < 1.29 is 18.9 Å². The molecule has 0 bridgehead atoms. The molecule has 0 spiro atoms. The molecule has 10 nitrogen and oxygen atoms in total. The molecule has 2 heterocycles. The maximum absolute atomic E-state index is 12.6. The second-order valence-corrected chi connectivity index (χ2v) is 7.62. The molecule has 4 aromatic rings. The van der Waals surface area contributed by atoms with E-state index in [0.717, 1.165) is 0 Å². The summed E-state index contributed by atoms with van der Waals surface area (Å²) >= 11 is 0. The van der Waals surface area contributed by atoms with E-state index in [4.69, 9.17) is 9.15 Å². The third-order valence-corrected chi connectivity index (χ3v) is 4.54. The van der Waals surface area contributed by atoms with Crippen molar-refractivity contribution in [3.8, 4) is 23.3 Å². The SMILES string of the molecule is CC(C)COc1nc(-c2ccco2)n(-c2cccc(NC(=O)c3cccc([N+](=O)[O-])c3)c2)n1. The molecule has 0 aliphatic rings. The summed E-state index contributed by atoms with van der Waals surface area (Å²) in [6.45, 7) is 4.51. The summed E-state index contributed by atoms with van der Waals surface area (Å²) in [4.78, 5) is 27.5. The number of nitrogens with one attached hydrogen (secondary N) is 1. The maximum atomic E-state index is 12.6. The van der Waals surface area contributed by atoms with E-state index in [2.05, 4.69) is 15.4 Å². The van der Waals surface area contributed by atoms with Gasteiger partial charge in [0, 0.05) is 23.4 Å². The first-order valence-corrected chi connectivity index (χ1v) is 10.2. The van der Waals surface area contributed by atoms with Gasteiger partial charge in [0.15, 0.2) is 5.76 Å². The van der Waals surface area contributed by atoms with Crippen molar-refractivity contribution >= 4 is 17.3 Å². The summed E-state index contributed by atoms with van der Waals surface area (Å²) in [5.41, 5.74) is 1.12. The Morgan fingerprint density at radius 2 is 2.00 bits per heavy atom. The molecule has 0 aliphatic heterocycles. The second kappa shape index (κ2) is 9.35. The van der Waals surface area contributed by atoms with Crippen molar-refractivity contribution in [2.45, 2.75) is 13.8 Å². The van der Waals surface area contributed by atoms with Gasteiger partial charge in [0.2, 0.25) is 5.82 Å². The number of nitro groups is 1. The smallest absolute Gasteiger partial charge is 0.336 e. The van der Waals surface area contributed by atoms with Crippen molar-refractivity contribution in [1.82, 2.24) is 14.8 Å². The number of rotatable bonds is 8. The van der Waals surface area contributed by atoms with E-state index in [9.17, 15) is 14.9 Å². The largest absolute Gasteiger partial charge is 0.462 e. The van der Waals surface area contributed by atoms with Crippen molar-refractivity contribution in [2.75, 3.05) is 11.9 Å². The molecular weight excluding hydrogens is 426 g/mol. The molecule has 0 radical (unpaired) electrons. The molecule has 1 amide bonds. The van der Waals surface area contributed by atoms with Gasteiger partial charge in [0.05, 0.1) is 23.5 Å². The number of nitrogens with zero attached hydrogens (tertiary/aromatic N) is 4. The fraction of sp³-hybridized carbons (Fsp3) is 0.174. The molecule has 0 unspecified atom stereocenters. The number of hydrogen-bond donors (Lipinski definition) is 1. The van der Waals surface area contributed by atoms with E-state index in [1.807, 2.05) is 13.8 Å². The van der Waals surface area contributed by atoms with Gasteiger partial charge in [-0.3, -0.25) is 14.9 Å². The topological polar surface area (TPSA) is 125 Å². The fourth-order valence-corrected chi connectivity index (χ4v) is 3.02. The number of ether oxygens (including phenoxy) is 1. The summed E-state index contributed by atoms with van der Waals surface area (Å²) in [6, 6.07) is 16.2. The van der Waals surface area contributed by atoms with Crippen LogP contribution in [0.1, 0.15) is 24.2 Å². The monoisotopic (exact) mass is 447 g/mol. The highest BCUT2D eigenvalue weighted by atomic mass is 16.6. The van der Waals surface area contributed by atoms with Gasteiger partial charge in [0.1, 0.15) is 0 Å². The van der Waals surface area contributed by atoms with Crippen LogP contribution in [0.15, 0.2) is 71.3 Å². The number of amides is 1. The number of nitro benzene ring substituents is 1. The zero-order valence-electron chi connectivity index (χ0n) is 18.0. The Balaban J connectivity index is 1.63. The average molecular weight is 447 g/mol. The number of carbonyl (C=O) groups is 1. The van der Waals surface area contributed by atoms with Crippen molar-refractivity contribution in [2.24, 2.45) is 5.92 Å². The Kier molecular flexibility index (Phi) is 6.16. The van der Waals surface area contributed by atoms with Crippen LogP contribution in [0, 0.1) is 16.0 Å². The van der Waals surface area contributed by atoms with Crippen molar-refractivity contribution in [3.05, 3.63) is 82.6 Å². The number of aromatic nitrogens is 3. The highest BCUT2D eigenvalue weighted by Gasteiger charge is 2.18. The fourth-order valence-electron chi connectivity index (χ4n) is 3.02. The predicted molar refractivity (Wildman–Crippen MR) is 120 cm³/mol. The third-order valence-electron chi connectivity index (χ3n) is 4.54. The van der Waals surface area contributed by atoms with E-state index in [0.29, 0.717) is 35.5 Å². The number of carbonyl (C=O) groups excluding carboxylic acids is 1. The lowest BCUT2D eigenvalue weighted by Gasteiger charge is -2.09. The van der Waals surface area contributed by atoms with Crippen LogP contribution < -0.4 is 10.1 Å². The summed E-state index contributed by atoms with van der Waals surface area (Å²) in [7, 11) is 0. The number of anilines is 1. The molecule has 0 aliphatic carbocycles. The van der Waals surface area contributed by atoms with E-state index >= 15 is 0 Å². The summed E-state index contributed by atoms with van der Waals surface area (Å²) in [5.74, 6) is 0.784. The number of furan rings is 1. The van der Waals surface area contributed by atoms with Crippen molar-refractivity contribution in [3.63, 3.8) is 0 Å². The Morgan fingerprint density at radius 3 is 2.73 bits per heavy atom. The minimum atomic E-state index is -0.544. The average Bonchev–Trinajstić information content (AvgIpc) is 3.48. The van der Waals surface area contributed by atoms with E-state index in [-0.39, 0.29) is 17.3 Å². The van der Waals surface area contributed by atoms with Gasteiger partial charge in [0.25, 0.3) is 11.6 Å². The Labute approximate surface area is 189 Å². The van der Waals surface area contributed by atoms with Crippen LogP contribution >= 0.6 is 0 Å². The molecule has 0 saturated carbocycles. The van der Waals surface area contributed by atoms with Crippen LogP contribution in [0.2, 0.25) is 0 Å². The summed E-state index contributed by atoms with van der Waals surface area (Å²) in [5, 5.41) is 18.2. The van der Waals surface area contributed by atoms with E-state index < -0.39 is 10.8 Å². The molecule has 0 atom stereocenters. The molecule has 168 valence electrons. The zero-order chi connectivity index (χ0) is 23.4. The molecular formula is C23H21N5O5. The van der Waals surface area contributed by atoms with Crippen LogP contribution in [0.5, 0.6) is 6.01 Å². The van der Waals surface area contributed by atoms with Crippen LogP contribution in [-0.2, 0) is 0 Å². The standard InChI is InChI=1S/C23H21N5O5/c1-15(2)14-33-23-25-21(20-10-5-11-32-20)27(26-23)18-8-4-7-17(13-18)24-22(29)16-6-3-9-19(12-16)28(30)31/h3-13,15H,14H2,1-2H3,(H,24,29). The lowest BCUT2D eigenvalue weighted by Crippen LogP contribution is -2.12. The molecule has 10 heteroatoms. The third kappa shape index (κ3) is 5.06. The zero-order valence-corrected chi connectivity index (χ0v) is 18.0. The van der Waals surface area contributed by atoms with Crippen molar-refractivity contribution in [1.29, 1.82) is 0 Å².